The van der Waals surface area contributed by atoms with Gasteiger partial charge in [0, 0.05) is 18.6 Å². The van der Waals surface area contributed by atoms with Crippen LogP contribution >= 0.6 is 0 Å². The molecular weight excluding hydrogens is 262 g/mol. The Hall–Kier alpha value is -2.15. The number of primary amides is 1. The molecule has 0 saturated carbocycles. The number of ether oxygens (including phenoxy) is 1. The van der Waals surface area contributed by atoms with E-state index < -0.39 is 16.4 Å². The number of non-ortho nitro benzene ring substituents is 1. The Kier molecular flexibility index (Phi) is 4.67. The van der Waals surface area contributed by atoms with Crippen LogP contribution in [0.3, 0.4) is 0 Å². The fourth-order valence-electron chi connectivity index (χ4n) is 1.84. The summed E-state index contributed by atoms with van der Waals surface area (Å²) in [5, 5.41) is 10.6. The first-order valence-electron chi connectivity index (χ1n) is 6.14. The van der Waals surface area contributed by atoms with E-state index in [1.54, 1.807) is 13.8 Å². The Morgan fingerprint density at radius 3 is 2.60 bits per heavy atom. The minimum absolute atomic E-state index is 0.00306. The second kappa shape index (κ2) is 5.87. The molecule has 7 nitrogen and oxygen atoms in total. The largest absolute Gasteiger partial charge is 0.490 e. The normalized spacial score (nSPS) is 15.2. The molecule has 0 aliphatic carbocycles. The summed E-state index contributed by atoms with van der Waals surface area (Å²) in [6, 6.07) is 4.32. The molecule has 20 heavy (non-hydrogen) atoms. The Labute approximate surface area is 117 Å². The zero-order chi connectivity index (χ0) is 15.5. The first-order valence-corrected chi connectivity index (χ1v) is 6.14. The zero-order valence-corrected chi connectivity index (χ0v) is 11.8. The highest BCUT2D eigenvalue weighted by molar-refractivity contribution is 5.83. The molecule has 1 aromatic rings. The topological polar surface area (TPSA) is 121 Å². The van der Waals surface area contributed by atoms with Crippen molar-refractivity contribution < 1.29 is 14.5 Å². The predicted octanol–water partition coefficient (Wildman–Crippen LogP) is 1.26. The molecule has 0 aliphatic rings. The summed E-state index contributed by atoms with van der Waals surface area (Å²) < 4.78 is 5.66. The van der Waals surface area contributed by atoms with Crippen molar-refractivity contribution in [3.8, 4) is 5.75 Å². The molecule has 0 saturated heterocycles. The lowest BCUT2D eigenvalue weighted by atomic mass is 9.95. The molecule has 0 heterocycles. The van der Waals surface area contributed by atoms with Crippen LogP contribution < -0.4 is 16.2 Å². The maximum absolute atomic E-state index is 11.2. The number of aryl methyl sites for hydroxylation is 1. The van der Waals surface area contributed by atoms with Gasteiger partial charge in [0.15, 0.2) is 0 Å². The van der Waals surface area contributed by atoms with Crippen molar-refractivity contribution >= 4 is 11.6 Å². The van der Waals surface area contributed by atoms with Crippen LogP contribution in [-0.4, -0.2) is 22.5 Å². The lowest BCUT2D eigenvalue weighted by Crippen LogP contribution is -2.51. The van der Waals surface area contributed by atoms with E-state index in [0.717, 1.165) is 0 Å². The van der Waals surface area contributed by atoms with Crippen LogP contribution in [0.4, 0.5) is 5.69 Å². The van der Waals surface area contributed by atoms with Gasteiger partial charge >= 0.3 is 0 Å². The SMILES string of the molecule is Cc1cc([N+](=O)[O-])ccc1OC(C)CC(C)(N)C(N)=O. The fourth-order valence-corrected chi connectivity index (χ4v) is 1.84. The van der Waals surface area contributed by atoms with Gasteiger partial charge in [-0.05, 0) is 32.4 Å². The molecule has 2 atom stereocenters. The standard InChI is InChI=1S/C13H19N3O4/c1-8-6-10(16(18)19)4-5-11(8)20-9(2)7-13(3,15)12(14)17/h4-6,9H,7,15H2,1-3H3,(H2,14,17). The average molecular weight is 281 g/mol. The molecule has 0 spiro atoms. The first kappa shape index (κ1) is 15.9. The number of hydrogen-bond donors (Lipinski definition) is 2. The highest BCUT2D eigenvalue weighted by Crippen LogP contribution is 2.25. The van der Waals surface area contributed by atoms with E-state index in [0.29, 0.717) is 11.3 Å². The maximum Gasteiger partial charge on any atom is 0.269 e. The number of amides is 1. The third-order valence-electron chi connectivity index (χ3n) is 2.97. The number of hydrogen-bond acceptors (Lipinski definition) is 5. The van der Waals surface area contributed by atoms with Crippen LogP contribution in [0.25, 0.3) is 0 Å². The molecule has 4 N–H and O–H groups in total. The third-order valence-corrected chi connectivity index (χ3v) is 2.97. The van der Waals surface area contributed by atoms with Crippen LogP contribution in [0, 0.1) is 17.0 Å². The maximum atomic E-state index is 11.2. The number of nitro benzene ring substituents is 1. The minimum atomic E-state index is -1.16. The summed E-state index contributed by atoms with van der Waals surface area (Å²) in [7, 11) is 0. The highest BCUT2D eigenvalue weighted by atomic mass is 16.6. The van der Waals surface area contributed by atoms with E-state index in [4.69, 9.17) is 16.2 Å². The summed E-state index contributed by atoms with van der Waals surface area (Å²) >= 11 is 0. The van der Waals surface area contributed by atoms with Crippen LogP contribution in [0.2, 0.25) is 0 Å². The van der Waals surface area contributed by atoms with Crippen molar-refractivity contribution in [2.24, 2.45) is 11.5 Å². The van der Waals surface area contributed by atoms with E-state index in [2.05, 4.69) is 0 Å². The molecular formula is C13H19N3O4. The number of benzene rings is 1. The van der Waals surface area contributed by atoms with Crippen molar-refractivity contribution in [1.29, 1.82) is 0 Å². The van der Waals surface area contributed by atoms with Crippen LogP contribution in [0.5, 0.6) is 5.75 Å². The Bertz CT molecular complexity index is 528. The molecule has 7 heteroatoms. The van der Waals surface area contributed by atoms with Gasteiger partial charge < -0.3 is 16.2 Å². The minimum Gasteiger partial charge on any atom is -0.490 e. The smallest absolute Gasteiger partial charge is 0.269 e. The predicted molar refractivity (Wildman–Crippen MR) is 74.3 cm³/mol. The fraction of sp³-hybridized carbons (Fsp3) is 0.462. The number of nitro groups is 1. The molecule has 2 unspecified atom stereocenters. The lowest BCUT2D eigenvalue weighted by Gasteiger charge is -2.25. The Morgan fingerprint density at radius 1 is 1.55 bits per heavy atom. The average Bonchev–Trinajstić information content (AvgIpc) is 2.30. The molecule has 0 aliphatic heterocycles. The van der Waals surface area contributed by atoms with Crippen molar-refractivity contribution in [2.45, 2.75) is 38.8 Å². The van der Waals surface area contributed by atoms with E-state index in [9.17, 15) is 14.9 Å². The molecule has 0 bridgehead atoms. The summed E-state index contributed by atoms with van der Waals surface area (Å²) in [4.78, 5) is 21.3. The molecule has 110 valence electrons. The number of rotatable bonds is 6. The van der Waals surface area contributed by atoms with Crippen LogP contribution in [-0.2, 0) is 4.79 Å². The van der Waals surface area contributed by atoms with Gasteiger partial charge in [0.2, 0.25) is 5.91 Å². The van der Waals surface area contributed by atoms with Gasteiger partial charge in [0.1, 0.15) is 5.75 Å². The third kappa shape index (κ3) is 3.92. The zero-order valence-electron chi connectivity index (χ0n) is 11.8. The van der Waals surface area contributed by atoms with Gasteiger partial charge in [-0.1, -0.05) is 0 Å². The number of nitrogens with two attached hydrogens (primary N) is 2. The van der Waals surface area contributed by atoms with Crippen LogP contribution in [0.1, 0.15) is 25.8 Å². The van der Waals surface area contributed by atoms with Crippen molar-refractivity contribution in [2.75, 3.05) is 0 Å². The Balaban J connectivity index is 2.79. The number of carbonyl (C=O) groups excluding carboxylic acids is 1. The molecule has 0 aromatic heterocycles. The van der Waals surface area contributed by atoms with Gasteiger partial charge in [-0.25, -0.2) is 0 Å². The Morgan fingerprint density at radius 2 is 2.15 bits per heavy atom. The van der Waals surface area contributed by atoms with Gasteiger partial charge in [-0.15, -0.1) is 0 Å². The highest BCUT2D eigenvalue weighted by Gasteiger charge is 2.29. The van der Waals surface area contributed by atoms with Gasteiger partial charge in [0.25, 0.3) is 5.69 Å². The number of nitrogens with zero attached hydrogens (tertiary/aromatic N) is 1. The van der Waals surface area contributed by atoms with Crippen LogP contribution in [0.15, 0.2) is 18.2 Å². The molecule has 1 rings (SSSR count). The first-order chi connectivity index (χ1) is 9.13. The summed E-state index contributed by atoms with van der Waals surface area (Å²) in [5.74, 6) is -0.0864. The van der Waals surface area contributed by atoms with Gasteiger partial charge in [0.05, 0.1) is 16.6 Å². The summed E-state index contributed by atoms with van der Waals surface area (Å²) in [6.07, 6.45) is -0.101. The quantitative estimate of drug-likeness (QED) is 0.600. The second-order valence-electron chi connectivity index (χ2n) is 5.12. The summed E-state index contributed by atoms with van der Waals surface area (Å²) in [6.45, 7) is 5.01. The van der Waals surface area contributed by atoms with Crippen molar-refractivity contribution in [3.63, 3.8) is 0 Å². The number of carbonyl (C=O) groups is 1. The molecule has 0 fully saturated rings. The van der Waals surface area contributed by atoms with Gasteiger partial charge in [-0.3, -0.25) is 14.9 Å². The molecule has 0 radical (unpaired) electrons. The molecule has 1 aromatic carbocycles. The lowest BCUT2D eigenvalue weighted by molar-refractivity contribution is -0.384. The van der Waals surface area contributed by atoms with E-state index in [1.807, 2.05) is 0 Å². The van der Waals surface area contributed by atoms with Gasteiger partial charge in [-0.2, -0.15) is 0 Å². The summed E-state index contributed by atoms with van der Waals surface area (Å²) in [5.41, 5.74) is 10.5. The van der Waals surface area contributed by atoms with E-state index in [-0.39, 0.29) is 18.2 Å². The van der Waals surface area contributed by atoms with Crippen molar-refractivity contribution in [3.05, 3.63) is 33.9 Å². The van der Waals surface area contributed by atoms with E-state index >= 15 is 0 Å². The van der Waals surface area contributed by atoms with E-state index in [1.165, 1.54) is 25.1 Å². The second-order valence-corrected chi connectivity index (χ2v) is 5.12. The molecule has 1 amide bonds. The monoisotopic (exact) mass is 281 g/mol. The van der Waals surface area contributed by atoms with Crippen molar-refractivity contribution in [1.82, 2.24) is 0 Å².